The number of hydrogen-bond acceptors (Lipinski definition) is 5. The molecule has 0 spiro atoms. The van der Waals surface area contributed by atoms with Crippen molar-refractivity contribution in [3.63, 3.8) is 0 Å². The molecule has 0 bridgehead atoms. The molecule has 0 saturated carbocycles. The Labute approximate surface area is 83.3 Å². The molecule has 1 heterocycles. The standard InChI is InChI=1S/C9H18O5/c1-5(2)13-6-3-8(11)14-7(4-10)9(6)12/h5-12H,3-4H2,1-2H3/t6-,7-,8+,9+/m1/s1. The van der Waals surface area contributed by atoms with E-state index in [0.29, 0.717) is 0 Å². The molecule has 5 nitrogen and oxygen atoms in total. The average molecular weight is 206 g/mol. The summed E-state index contributed by atoms with van der Waals surface area (Å²) in [6.45, 7) is 3.38. The van der Waals surface area contributed by atoms with E-state index in [1.165, 1.54) is 0 Å². The van der Waals surface area contributed by atoms with Gasteiger partial charge in [-0.25, -0.2) is 0 Å². The lowest BCUT2D eigenvalue weighted by atomic mass is 10.0. The molecule has 4 atom stereocenters. The molecule has 0 unspecified atom stereocenters. The van der Waals surface area contributed by atoms with Gasteiger partial charge in [0.05, 0.1) is 18.8 Å². The van der Waals surface area contributed by atoms with Crippen LogP contribution in [0.1, 0.15) is 20.3 Å². The van der Waals surface area contributed by atoms with Gasteiger partial charge in [0.25, 0.3) is 0 Å². The van der Waals surface area contributed by atoms with Crippen molar-refractivity contribution in [2.24, 2.45) is 0 Å². The number of hydrogen-bond donors (Lipinski definition) is 3. The first-order valence-electron chi connectivity index (χ1n) is 4.82. The highest BCUT2D eigenvalue weighted by atomic mass is 16.6. The second-order valence-corrected chi connectivity index (χ2v) is 3.76. The van der Waals surface area contributed by atoms with Crippen LogP contribution in [0.5, 0.6) is 0 Å². The van der Waals surface area contributed by atoms with Crippen molar-refractivity contribution >= 4 is 0 Å². The first kappa shape index (κ1) is 11.9. The normalized spacial score (nSPS) is 39.0. The smallest absolute Gasteiger partial charge is 0.157 e. The van der Waals surface area contributed by atoms with Crippen molar-refractivity contribution in [3.8, 4) is 0 Å². The summed E-state index contributed by atoms with van der Waals surface area (Å²) < 4.78 is 10.3. The van der Waals surface area contributed by atoms with Crippen LogP contribution in [0.15, 0.2) is 0 Å². The lowest BCUT2D eigenvalue weighted by molar-refractivity contribution is -0.252. The predicted molar refractivity (Wildman–Crippen MR) is 48.6 cm³/mol. The van der Waals surface area contributed by atoms with Gasteiger partial charge in [0.15, 0.2) is 6.29 Å². The molecule has 0 aromatic carbocycles. The van der Waals surface area contributed by atoms with E-state index in [-0.39, 0.29) is 19.1 Å². The quantitative estimate of drug-likeness (QED) is 0.565. The molecule has 1 rings (SSSR count). The molecular weight excluding hydrogens is 188 g/mol. The van der Waals surface area contributed by atoms with Crippen molar-refractivity contribution in [1.82, 2.24) is 0 Å². The zero-order valence-corrected chi connectivity index (χ0v) is 8.46. The first-order chi connectivity index (χ1) is 6.54. The fourth-order valence-electron chi connectivity index (χ4n) is 1.55. The van der Waals surface area contributed by atoms with Gasteiger partial charge in [-0.3, -0.25) is 0 Å². The SMILES string of the molecule is CC(C)O[C@@H]1C[C@@H](O)O[C@H](CO)[C@H]1O. The minimum absolute atomic E-state index is 0.0284. The van der Waals surface area contributed by atoms with Crippen LogP contribution in [-0.2, 0) is 9.47 Å². The van der Waals surface area contributed by atoms with Crippen LogP contribution in [0, 0.1) is 0 Å². The van der Waals surface area contributed by atoms with Crippen molar-refractivity contribution in [2.45, 2.75) is 51.0 Å². The summed E-state index contributed by atoms with van der Waals surface area (Å²) in [5, 5.41) is 27.8. The van der Waals surface area contributed by atoms with Gasteiger partial charge in [-0.1, -0.05) is 0 Å². The molecule has 0 radical (unpaired) electrons. The van der Waals surface area contributed by atoms with Gasteiger partial charge in [-0.15, -0.1) is 0 Å². The zero-order valence-electron chi connectivity index (χ0n) is 8.46. The van der Waals surface area contributed by atoms with Crippen LogP contribution >= 0.6 is 0 Å². The van der Waals surface area contributed by atoms with E-state index in [1.807, 2.05) is 13.8 Å². The van der Waals surface area contributed by atoms with E-state index in [2.05, 4.69) is 0 Å². The topological polar surface area (TPSA) is 79.2 Å². The highest BCUT2D eigenvalue weighted by molar-refractivity contribution is 4.83. The molecule has 1 aliphatic heterocycles. The lowest BCUT2D eigenvalue weighted by Gasteiger charge is -2.37. The van der Waals surface area contributed by atoms with E-state index in [4.69, 9.17) is 14.6 Å². The molecule has 1 saturated heterocycles. The maximum Gasteiger partial charge on any atom is 0.157 e. The van der Waals surface area contributed by atoms with Crippen molar-refractivity contribution in [3.05, 3.63) is 0 Å². The Morgan fingerprint density at radius 3 is 2.57 bits per heavy atom. The predicted octanol–water partition coefficient (Wildman–Crippen LogP) is -0.760. The Kier molecular flexibility index (Phi) is 4.28. The van der Waals surface area contributed by atoms with Gasteiger partial charge in [0.1, 0.15) is 12.2 Å². The van der Waals surface area contributed by atoms with E-state index in [9.17, 15) is 10.2 Å². The van der Waals surface area contributed by atoms with Gasteiger partial charge < -0.3 is 24.8 Å². The summed E-state index contributed by atoms with van der Waals surface area (Å²) >= 11 is 0. The molecule has 0 aliphatic carbocycles. The van der Waals surface area contributed by atoms with E-state index in [0.717, 1.165) is 0 Å². The summed E-state index contributed by atoms with van der Waals surface area (Å²) in [4.78, 5) is 0. The van der Waals surface area contributed by atoms with Crippen molar-refractivity contribution < 1.29 is 24.8 Å². The van der Waals surface area contributed by atoms with E-state index in [1.54, 1.807) is 0 Å². The van der Waals surface area contributed by atoms with Crippen LogP contribution in [0.25, 0.3) is 0 Å². The second-order valence-electron chi connectivity index (χ2n) is 3.76. The third kappa shape index (κ3) is 2.90. The number of aliphatic hydroxyl groups is 3. The summed E-state index contributed by atoms with van der Waals surface area (Å²) in [5.74, 6) is 0. The molecule has 0 aromatic rings. The molecule has 0 amide bonds. The first-order valence-corrected chi connectivity index (χ1v) is 4.82. The Hall–Kier alpha value is -0.200. The summed E-state index contributed by atoms with van der Waals surface area (Å²) in [6.07, 6.45) is -2.89. The largest absolute Gasteiger partial charge is 0.394 e. The summed E-state index contributed by atoms with van der Waals surface area (Å²) in [6, 6.07) is 0. The van der Waals surface area contributed by atoms with E-state index < -0.39 is 24.6 Å². The van der Waals surface area contributed by atoms with Gasteiger partial charge in [0.2, 0.25) is 0 Å². The highest BCUT2D eigenvalue weighted by Gasteiger charge is 2.37. The van der Waals surface area contributed by atoms with Crippen molar-refractivity contribution in [1.29, 1.82) is 0 Å². The van der Waals surface area contributed by atoms with Crippen LogP contribution in [0.3, 0.4) is 0 Å². The fraction of sp³-hybridized carbons (Fsp3) is 1.00. The van der Waals surface area contributed by atoms with Gasteiger partial charge in [-0.05, 0) is 13.8 Å². The molecule has 3 N–H and O–H groups in total. The highest BCUT2D eigenvalue weighted by Crippen LogP contribution is 2.22. The van der Waals surface area contributed by atoms with Crippen molar-refractivity contribution in [2.75, 3.05) is 6.61 Å². The monoisotopic (exact) mass is 206 g/mol. The number of rotatable bonds is 3. The Morgan fingerprint density at radius 2 is 2.07 bits per heavy atom. The van der Waals surface area contributed by atoms with Crippen LogP contribution in [-0.4, -0.2) is 52.6 Å². The molecule has 5 heteroatoms. The molecule has 14 heavy (non-hydrogen) atoms. The van der Waals surface area contributed by atoms with Crippen LogP contribution in [0.4, 0.5) is 0 Å². The maximum absolute atomic E-state index is 9.67. The maximum atomic E-state index is 9.67. The molecule has 1 fully saturated rings. The minimum Gasteiger partial charge on any atom is -0.394 e. The number of aliphatic hydroxyl groups excluding tert-OH is 3. The summed E-state index contributed by atoms with van der Waals surface area (Å²) in [5.41, 5.74) is 0. The molecule has 1 aliphatic rings. The Morgan fingerprint density at radius 1 is 1.43 bits per heavy atom. The average Bonchev–Trinajstić information content (AvgIpc) is 2.09. The second kappa shape index (κ2) is 5.04. The van der Waals surface area contributed by atoms with E-state index >= 15 is 0 Å². The third-order valence-corrected chi connectivity index (χ3v) is 2.15. The zero-order chi connectivity index (χ0) is 10.7. The van der Waals surface area contributed by atoms with Gasteiger partial charge in [0, 0.05) is 6.42 Å². The number of ether oxygens (including phenoxy) is 2. The molecule has 84 valence electrons. The van der Waals surface area contributed by atoms with Crippen LogP contribution < -0.4 is 0 Å². The lowest BCUT2D eigenvalue weighted by Crippen LogP contribution is -2.51. The Bertz CT molecular complexity index is 171. The third-order valence-electron chi connectivity index (χ3n) is 2.15. The summed E-state index contributed by atoms with van der Waals surface area (Å²) in [7, 11) is 0. The van der Waals surface area contributed by atoms with Crippen LogP contribution in [0.2, 0.25) is 0 Å². The fourth-order valence-corrected chi connectivity index (χ4v) is 1.55. The van der Waals surface area contributed by atoms with Gasteiger partial charge >= 0.3 is 0 Å². The minimum atomic E-state index is -0.973. The molecular formula is C9H18O5. The van der Waals surface area contributed by atoms with Gasteiger partial charge in [-0.2, -0.15) is 0 Å². The Balaban J connectivity index is 2.55. The molecule has 0 aromatic heterocycles.